The van der Waals surface area contributed by atoms with E-state index in [0.29, 0.717) is 59.3 Å². The van der Waals surface area contributed by atoms with Crippen LogP contribution in [-0.4, -0.2) is 57.2 Å². The summed E-state index contributed by atoms with van der Waals surface area (Å²) in [6, 6.07) is 10.2. The average Bonchev–Trinajstić information content (AvgIpc) is 2.78. The van der Waals surface area contributed by atoms with Gasteiger partial charge in [0.2, 0.25) is 5.75 Å². The van der Waals surface area contributed by atoms with Crippen LogP contribution in [0.3, 0.4) is 0 Å². The van der Waals surface area contributed by atoms with E-state index in [2.05, 4.69) is 5.32 Å². The molecule has 2 aromatic rings. The molecule has 30 heavy (non-hydrogen) atoms. The summed E-state index contributed by atoms with van der Waals surface area (Å²) in [6.07, 6.45) is 1.32. The number of piperidine rings is 1. The first-order chi connectivity index (χ1) is 14.5. The lowest BCUT2D eigenvalue weighted by atomic mass is 10.0. The van der Waals surface area contributed by atoms with Crippen molar-refractivity contribution in [1.82, 2.24) is 10.2 Å². The van der Waals surface area contributed by atoms with Crippen molar-refractivity contribution in [3.8, 4) is 17.2 Å². The number of nitrogens with zero attached hydrogens (tertiary/aromatic N) is 1. The van der Waals surface area contributed by atoms with Crippen LogP contribution in [0.1, 0.15) is 33.6 Å². The number of rotatable bonds is 6. The van der Waals surface area contributed by atoms with Gasteiger partial charge < -0.3 is 24.4 Å². The molecule has 8 heteroatoms. The Morgan fingerprint density at radius 3 is 2.13 bits per heavy atom. The number of ether oxygens (including phenoxy) is 3. The molecule has 0 spiro atoms. The zero-order valence-corrected chi connectivity index (χ0v) is 18.0. The van der Waals surface area contributed by atoms with Crippen molar-refractivity contribution < 1.29 is 23.8 Å². The summed E-state index contributed by atoms with van der Waals surface area (Å²) in [5.41, 5.74) is 0.915. The largest absolute Gasteiger partial charge is 0.493 e. The van der Waals surface area contributed by atoms with Gasteiger partial charge in [0.1, 0.15) is 0 Å². The molecule has 0 aromatic heterocycles. The highest BCUT2D eigenvalue weighted by Crippen LogP contribution is 2.38. The first-order valence-corrected chi connectivity index (χ1v) is 10.0. The number of amides is 2. The number of nitrogens with one attached hydrogen (secondary N) is 1. The summed E-state index contributed by atoms with van der Waals surface area (Å²) in [7, 11) is 4.54. The van der Waals surface area contributed by atoms with E-state index in [0.717, 1.165) is 0 Å². The van der Waals surface area contributed by atoms with Gasteiger partial charge in [0.15, 0.2) is 11.5 Å². The van der Waals surface area contributed by atoms with Crippen molar-refractivity contribution in [3.63, 3.8) is 0 Å². The fourth-order valence-electron chi connectivity index (χ4n) is 3.52. The van der Waals surface area contributed by atoms with Crippen LogP contribution in [0.4, 0.5) is 0 Å². The number of carbonyl (C=O) groups excluding carboxylic acids is 2. The number of methoxy groups -OCH3 is 3. The Hall–Kier alpha value is -2.93. The second-order valence-electron chi connectivity index (χ2n) is 6.93. The summed E-state index contributed by atoms with van der Waals surface area (Å²) in [4.78, 5) is 27.2. The quantitative estimate of drug-likeness (QED) is 0.757. The number of carbonyl (C=O) groups is 2. The Bertz CT molecular complexity index is 900. The second-order valence-corrected chi connectivity index (χ2v) is 7.34. The molecular formula is C22H25ClN2O5. The molecular weight excluding hydrogens is 408 g/mol. The average molecular weight is 433 g/mol. The molecule has 1 heterocycles. The SMILES string of the molecule is COc1cc(C(=O)N2CCC(NC(=O)c3ccccc3Cl)CC2)cc(OC)c1OC. The Kier molecular flexibility index (Phi) is 7.05. The summed E-state index contributed by atoms with van der Waals surface area (Å²) >= 11 is 6.10. The normalized spacial score (nSPS) is 14.2. The smallest absolute Gasteiger partial charge is 0.254 e. The fourth-order valence-corrected chi connectivity index (χ4v) is 3.74. The first-order valence-electron chi connectivity index (χ1n) is 9.63. The van der Waals surface area contributed by atoms with Crippen molar-refractivity contribution in [2.45, 2.75) is 18.9 Å². The number of likely N-dealkylation sites (tertiary alicyclic amines) is 1. The van der Waals surface area contributed by atoms with E-state index in [1.54, 1.807) is 41.3 Å². The van der Waals surface area contributed by atoms with Crippen LogP contribution in [-0.2, 0) is 0 Å². The third kappa shape index (κ3) is 4.62. The van der Waals surface area contributed by atoms with Crippen LogP contribution in [0.15, 0.2) is 36.4 Å². The van der Waals surface area contributed by atoms with Gasteiger partial charge in [-0.15, -0.1) is 0 Å². The van der Waals surface area contributed by atoms with Gasteiger partial charge in [0.05, 0.1) is 31.9 Å². The molecule has 0 radical (unpaired) electrons. The van der Waals surface area contributed by atoms with Gasteiger partial charge in [-0.3, -0.25) is 9.59 Å². The minimum atomic E-state index is -0.199. The molecule has 7 nitrogen and oxygen atoms in total. The number of benzene rings is 2. The molecule has 0 unspecified atom stereocenters. The molecule has 1 aliphatic heterocycles. The van der Waals surface area contributed by atoms with Gasteiger partial charge in [-0.2, -0.15) is 0 Å². The summed E-state index contributed by atoms with van der Waals surface area (Å²) in [5.74, 6) is 0.988. The van der Waals surface area contributed by atoms with Gasteiger partial charge in [0.25, 0.3) is 11.8 Å². The maximum absolute atomic E-state index is 13.0. The lowest BCUT2D eigenvalue weighted by molar-refractivity contribution is 0.0697. The molecule has 1 saturated heterocycles. The maximum Gasteiger partial charge on any atom is 0.254 e. The van der Waals surface area contributed by atoms with E-state index < -0.39 is 0 Å². The van der Waals surface area contributed by atoms with E-state index in [4.69, 9.17) is 25.8 Å². The van der Waals surface area contributed by atoms with Crippen LogP contribution >= 0.6 is 11.6 Å². The van der Waals surface area contributed by atoms with E-state index >= 15 is 0 Å². The highest BCUT2D eigenvalue weighted by molar-refractivity contribution is 6.33. The van der Waals surface area contributed by atoms with Crippen molar-refractivity contribution in [1.29, 1.82) is 0 Å². The van der Waals surface area contributed by atoms with Crippen LogP contribution in [0, 0.1) is 0 Å². The van der Waals surface area contributed by atoms with E-state index in [-0.39, 0.29) is 17.9 Å². The molecule has 160 valence electrons. The van der Waals surface area contributed by atoms with E-state index in [1.807, 2.05) is 0 Å². The molecule has 0 aliphatic carbocycles. The minimum Gasteiger partial charge on any atom is -0.493 e. The van der Waals surface area contributed by atoms with Crippen LogP contribution in [0.25, 0.3) is 0 Å². The van der Waals surface area contributed by atoms with Crippen molar-refractivity contribution in [2.24, 2.45) is 0 Å². The van der Waals surface area contributed by atoms with Gasteiger partial charge in [-0.25, -0.2) is 0 Å². The lowest BCUT2D eigenvalue weighted by Crippen LogP contribution is -2.46. The number of hydrogen-bond acceptors (Lipinski definition) is 5. The second kappa shape index (κ2) is 9.71. The topological polar surface area (TPSA) is 77.1 Å². The summed E-state index contributed by atoms with van der Waals surface area (Å²) < 4.78 is 16.0. The van der Waals surface area contributed by atoms with Crippen LogP contribution < -0.4 is 19.5 Å². The minimum absolute atomic E-state index is 0.0160. The Morgan fingerprint density at radius 1 is 1.00 bits per heavy atom. The lowest BCUT2D eigenvalue weighted by Gasteiger charge is -2.32. The molecule has 0 bridgehead atoms. The Morgan fingerprint density at radius 2 is 1.60 bits per heavy atom. The zero-order chi connectivity index (χ0) is 21.7. The molecule has 2 aromatic carbocycles. The van der Waals surface area contributed by atoms with Gasteiger partial charge in [-0.1, -0.05) is 23.7 Å². The number of halogens is 1. The molecule has 1 fully saturated rings. The third-order valence-electron chi connectivity index (χ3n) is 5.15. The summed E-state index contributed by atoms with van der Waals surface area (Å²) in [5, 5.41) is 3.43. The fraction of sp³-hybridized carbons (Fsp3) is 0.364. The maximum atomic E-state index is 13.0. The zero-order valence-electron chi connectivity index (χ0n) is 17.2. The molecule has 1 aliphatic rings. The number of hydrogen-bond donors (Lipinski definition) is 1. The Balaban J connectivity index is 1.64. The van der Waals surface area contributed by atoms with Crippen molar-refractivity contribution in [2.75, 3.05) is 34.4 Å². The van der Waals surface area contributed by atoms with E-state index in [9.17, 15) is 9.59 Å². The van der Waals surface area contributed by atoms with Gasteiger partial charge >= 0.3 is 0 Å². The van der Waals surface area contributed by atoms with Crippen LogP contribution in [0.2, 0.25) is 5.02 Å². The Labute approximate surface area is 180 Å². The van der Waals surface area contributed by atoms with Gasteiger partial charge in [0, 0.05) is 24.7 Å². The molecule has 1 N–H and O–H groups in total. The van der Waals surface area contributed by atoms with E-state index in [1.165, 1.54) is 21.3 Å². The molecule has 0 saturated carbocycles. The van der Waals surface area contributed by atoms with Crippen molar-refractivity contribution >= 4 is 23.4 Å². The van der Waals surface area contributed by atoms with Crippen molar-refractivity contribution in [3.05, 3.63) is 52.5 Å². The van der Waals surface area contributed by atoms with Gasteiger partial charge in [-0.05, 0) is 37.1 Å². The highest BCUT2D eigenvalue weighted by Gasteiger charge is 2.27. The summed E-state index contributed by atoms with van der Waals surface area (Å²) in [6.45, 7) is 1.06. The third-order valence-corrected chi connectivity index (χ3v) is 5.48. The molecule has 3 rings (SSSR count). The van der Waals surface area contributed by atoms with Crippen LogP contribution in [0.5, 0.6) is 17.2 Å². The first kappa shape index (κ1) is 21.8. The predicted octanol–water partition coefficient (Wildman–Crippen LogP) is 3.40. The monoisotopic (exact) mass is 432 g/mol. The predicted molar refractivity (Wildman–Crippen MR) is 114 cm³/mol. The highest BCUT2D eigenvalue weighted by atomic mass is 35.5. The standard InChI is InChI=1S/C22H25ClN2O5/c1-28-18-12-14(13-19(29-2)20(18)30-3)22(27)25-10-8-15(9-11-25)24-21(26)16-6-4-5-7-17(16)23/h4-7,12-13,15H,8-11H2,1-3H3,(H,24,26). The molecule has 0 atom stereocenters. The molecule has 2 amide bonds.